The summed E-state index contributed by atoms with van der Waals surface area (Å²) in [6.07, 6.45) is 2.21. The molecule has 4 heteroatoms. The predicted molar refractivity (Wildman–Crippen MR) is 138 cm³/mol. The molecule has 174 valence electrons. The average Bonchev–Trinajstić information content (AvgIpc) is 3.21. The van der Waals surface area contributed by atoms with Gasteiger partial charge in [0, 0.05) is 12.6 Å². The molecule has 2 atom stereocenters. The SMILES string of the molecule is CC(C)CN1[C@H](C)CC2=C(Cc3ccccc32)[C@H]1c1ccc(B2OC(C)(C)C(C)(C)O2)cc1. The maximum absolute atomic E-state index is 6.30. The lowest BCUT2D eigenvalue weighted by Gasteiger charge is -2.43. The Morgan fingerprint density at radius 1 is 0.970 bits per heavy atom. The normalized spacial score (nSPS) is 26.1. The van der Waals surface area contributed by atoms with Crippen LogP contribution >= 0.6 is 0 Å². The van der Waals surface area contributed by atoms with Crippen molar-refractivity contribution < 1.29 is 9.31 Å². The van der Waals surface area contributed by atoms with Gasteiger partial charge in [-0.25, -0.2) is 0 Å². The highest BCUT2D eigenvalue weighted by Crippen LogP contribution is 2.48. The van der Waals surface area contributed by atoms with Crippen LogP contribution in [-0.4, -0.2) is 35.8 Å². The first-order chi connectivity index (χ1) is 15.6. The van der Waals surface area contributed by atoms with Gasteiger partial charge in [-0.15, -0.1) is 0 Å². The number of nitrogens with zero attached hydrogens (tertiary/aromatic N) is 1. The van der Waals surface area contributed by atoms with Crippen molar-refractivity contribution in [3.8, 4) is 0 Å². The first-order valence-electron chi connectivity index (χ1n) is 12.6. The summed E-state index contributed by atoms with van der Waals surface area (Å²) in [7, 11) is -0.313. The highest BCUT2D eigenvalue weighted by Gasteiger charge is 2.51. The zero-order valence-corrected chi connectivity index (χ0v) is 21.3. The van der Waals surface area contributed by atoms with Gasteiger partial charge in [0.2, 0.25) is 0 Å². The molecule has 33 heavy (non-hydrogen) atoms. The highest BCUT2D eigenvalue weighted by molar-refractivity contribution is 6.62. The molecular weight excluding hydrogens is 405 g/mol. The molecule has 5 rings (SSSR count). The zero-order chi connectivity index (χ0) is 23.5. The maximum Gasteiger partial charge on any atom is 0.494 e. The smallest absolute Gasteiger partial charge is 0.399 e. The standard InChI is InChI=1S/C29H38BNO2/c1-19(2)18-31-20(3)16-25-24-11-9-8-10-22(24)17-26(25)27(31)21-12-14-23(15-13-21)30-32-28(4,5)29(6,7)33-30/h8-15,19-20,27H,16-18H2,1-7H3/t20-,27-/m1/s1. The number of hydrogen-bond acceptors (Lipinski definition) is 3. The molecule has 0 radical (unpaired) electrons. The van der Waals surface area contributed by atoms with Crippen molar-refractivity contribution in [1.82, 2.24) is 4.90 Å². The summed E-state index contributed by atoms with van der Waals surface area (Å²) in [6.45, 7) is 16.6. The molecule has 2 aromatic carbocycles. The number of fused-ring (bicyclic) bond motifs is 2. The fraction of sp³-hybridized carbons (Fsp3) is 0.517. The van der Waals surface area contributed by atoms with Crippen LogP contribution in [0.1, 0.15) is 77.6 Å². The number of benzene rings is 2. The summed E-state index contributed by atoms with van der Waals surface area (Å²) in [4.78, 5) is 2.74. The Bertz CT molecular complexity index is 1050. The Balaban J connectivity index is 1.50. The first kappa shape index (κ1) is 22.9. The summed E-state index contributed by atoms with van der Waals surface area (Å²) in [6, 6.07) is 18.9. The van der Waals surface area contributed by atoms with E-state index in [1.54, 1.807) is 11.1 Å². The molecule has 2 aromatic rings. The van der Waals surface area contributed by atoms with Crippen LogP contribution in [-0.2, 0) is 15.7 Å². The second kappa shape index (κ2) is 8.11. The Labute approximate surface area is 200 Å². The van der Waals surface area contributed by atoms with Gasteiger partial charge in [-0.2, -0.15) is 0 Å². The average molecular weight is 443 g/mol. The summed E-state index contributed by atoms with van der Waals surface area (Å²) >= 11 is 0. The van der Waals surface area contributed by atoms with Gasteiger partial charge >= 0.3 is 7.12 Å². The van der Waals surface area contributed by atoms with Gasteiger partial charge < -0.3 is 9.31 Å². The van der Waals surface area contributed by atoms with E-state index in [4.69, 9.17) is 9.31 Å². The summed E-state index contributed by atoms with van der Waals surface area (Å²) in [5.41, 5.74) is 7.97. The third kappa shape index (κ3) is 3.90. The van der Waals surface area contributed by atoms with Crippen molar-refractivity contribution in [2.45, 2.75) is 84.6 Å². The Kier molecular flexibility index (Phi) is 5.63. The maximum atomic E-state index is 6.30. The molecule has 2 heterocycles. The second-order valence-corrected chi connectivity index (χ2v) is 11.6. The zero-order valence-electron chi connectivity index (χ0n) is 21.3. The van der Waals surface area contributed by atoms with E-state index in [2.05, 4.69) is 102 Å². The fourth-order valence-corrected chi connectivity index (χ4v) is 5.74. The van der Waals surface area contributed by atoms with Crippen LogP contribution in [0.3, 0.4) is 0 Å². The van der Waals surface area contributed by atoms with Gasteiger partial charge in [0.25, 0.3) is 0 Å². The van der Waals surface area contributed by atoms with E-state index in [1.807, 2.05) is 0 Å². The minimum Gasteiger partial charge on any atom is -0.399 e. The molecule has 0 aromatic heterocycles. The minimum absolute atomic E-state index is 0.313. The summed E-state index contributed by atoms with van der Waals surface area (Å²) in [5, 5.41) is 0. The van der Waals surface area contributed by atoms with Crippen molar-refractivity contribution >= 4 is 18.2 Å². The van der Waals surface area contributed by atoms with E-state index >= 15 is 0 Å². The van der Waals surface area contributed by atoms with Crippen molar-refractivity contribution in [3.63, 3.8) is 0 Å². The Morgan fingerprint density at radius 2 is 1.61 bits per heavy atom. The van der Waals surface area contributed by atoms with Gasteiger partial charge in [0.15, 0.2) is 0 Å². The van der Waals surface area contributed by atoms with Crippen molar-refractivity contribution in [1.29, 1.82) is 0 Å². The Morgan fingerprint density at radius 3 is 2.24 bits per heavy atom. The van der Waals surface area contributed by atoms with Gasteiger partial charge in [-0.05, 0) is 86.7 Å². The van der Waals surface area contributed by atoms with E-state index in [9.17, 15) is 0 Å². The quantitative estimate of drug-likeness (QED) is 0.559. The third-order valence-electron chi connectivity index (χ3n) is 8.19. The van der Waals surface area contributed by atoms with Crippen LogP contribution in [0.25, 0.3) is 5.57 Å². The molecule has 2 aliphatic heterocycles. The van der Waals surface area contributed by atoms with Crippen molar-refractivity contribution in [2.24, 2.45) is 5.92 Å². The molecule has 1 saturated heterocycles. The van der Waals surface area contributed by atoms with E-state index in [0.717, 1.165) is 24.8 Å². The molecule has 0 saturated carbocycles. The van der Waals surface area contributed by atoms with Crippen molar-refractivity contribution in [3.05, 3.63) is 70.8 Å². The van der Waals surface area contributed by atoms with Crippen LogP contribution in [0.5, 0.6) is 0 Å². The highest BCUT2D eigenvalue weighted by atomic mass is 16.7. The summed E-state index contributed by atoms with van der Waals surface area (Å²) < 4.78 is 12.6. The summed E-state index contributed by atoms with van der Waals surface area (Å²) in [5.74, 6) is 0.630. The molecule has 0 amide bonds. The van der Waals surface area contributed by atoms with Gasteiger partial charge in [0.05, 0.1) is 17.2 Å². The molecule has 0 unspecified atom stereocenters. The molecule has 1 aliphatic carbocycles. The molecule has 0 spiro atoms. The molecule has 1 fully saturated rings. The lowest BCUT2D eigenvalue weighted by molar-refractivity contribution is 0.00578. The lowest BCUT2D eigenvalue weighted by Crippen LogP contribution is -2.43. The number of hydrogen-bond donors (Lipinski definition) is 0. The molecule has 0 bridgehead atoms. The molecule has 3 aliphatic rings. The Hall–Kier alpha value is -1.88. The van der Waals surface area contributed by atoms with Gasteiger partial charge in [0.1, 0.15) is 0 Å². The van der Waals surface area contributed by atoms with E-state index in [0.29, 0.717) is 18.0 Å². The largest absolute Gasteiger partial charge is 0.494 e. The van der Waals surface area contributed by atoms with Crippen LogP contribution in [0.4, 0.5) is 0 Å². The second-order valence-electron chi connectivity index (χ2n) is 11.6. The van der Waals surface area contributed by atoms with E-state index in [-0.39, 0.29) is 18.3 Å². The predicted octanol–water partition coefficient (Wildman–Crippen LogP) is 5.79. The van der Waals surface area contributed by atoms with Crippen LogP contribution in [0.2, 0.25) is 0 Å². The topological polar surface area (TPSA) is 21.7 Å². The van der Waals surface area contributed by atoms with E-state index < -0.39 is 0 Å². The first-order valence-corrected chi connectivity index (χ1v) is 12.6. The minimum atomic E-state index is -0.321. The molecule has 3 nitrogen and oxygen atoms in total. The lowest BCUT2D eigenvalue weighted by atomic mass is 9.77. The monoisotopic (exact) mass is 443 g/mol. The number of rotatable bonds is 4. The van der Waals surface area contributed by atoms with Gasteiger partial charge in [-0.1, -0.05) is 62.4 Å². The van der Waals surface area contributed by atoms with Crippen LogP contribution in [0.15, 0.2) is 54.1 Å². The van der Waals surface area contributed by atoms with Crippen molar-refractivity contribution in [2.75, 3.05) is 6.54 Å². The van der Waals surface area contributed by atoms with Gasteiger partial charge in [-0.3, -0.25) is 4.90 Å². The third-order valence-corrected chi connectivity index (χ3v) is 8.19. The van der Waals surface area contributed by atoms with E-state index in [1.165, 1.54) is 16.7 Å². The fourth-order valence-electron chi connectivity index (χ4n) is 5.74. The molecular formula is C29H38BNO2. The molecule has 0 N–H and O–H groups in total. The van der Waals surface area contributed by atoms with Crippen LogP contribution in [0, 0.1) is 5.92 Å². The van der Waals surface area contributed by atoms with Crippen LogP contribution < -0.4 is 5.46 Å².